The van der Waals surface area contributed by atoms with Crippen LogP contribution in [0.2, 0.25) is 0 Å². The number of alkyl halides is 1. The van der Waals surface area contributed by atoms with E-state index in [-0.39, 0.29) is 12.1 Å². The lowest BCUT2D eigenvalue weighted by molar-refractivity contribution is 0.0992. The van der Waals surface area contributed by atoms with Crippen LogP contribution in [0.3, 0.4) is 0 Å². The molecule has 5 nitrogen and oxygen atoms in total. The fourth-order valence-corrected chi connectivity index (χ4v) is 5.22. The van der Waals surface area contributed by atoms with Gasteiger partial charge in [-0.1, -0.05) is 0 Å². The first-order chi connectivity index (χ1) is 9.36. The van der Waals surface area contributed by atoms with E-state index < -0.39 is 10.2 Å². The minimum Gasteiger partial charge on any atom is -0.298 e. The lowest BCUT2D eigenvalue weighted by atomic mass is 10.0. The highest BCUT2D eigenvalue weighted by Crippen LogP contribution is 2.24. The number of nitrogens with zero attached hydrogens (tertiary/aromatic N) is 3. The molecule has 2 saturated heterocycles. The van der Waals surface area contributed by atoms with Crippen LogP contribution in [0.5, 0.6) is 0 Å². The summed E-state index contributed by atoms with van der Waals surface area (Å²) in [6.07, 6.45) is 1.94. The highest BCUT2D eigenvalue weighted by atomic mass is 35.5. The number of piperazine rings is 1. The zero-order valence-electron chi connectivity index (χ0n) is 12.6. The van der Waals surface area contributed by atoms with E-state index >= 15 is 0 Å². The van der Waals surface area contributed by atoms with Gasteiger partial charge in [0.1, 0.15) is 0 Å². The maximum absolute atomic E-state index is 12.8. The van der Waals surface area contributed by atoms with E-state index in [1.54, 1.807) is 8.61 Å². The molecule has 118 valence electrons. The predicted molar refractivity (Wildman–Crippen MR) is 82.2 cm³/mol. The highest BCUT2D eigenvalue weighted by molar-refractivity contribution is 7.86. The summed E-state index contributed by atoms with van der Waals surface area (Å²) in [5.41, 5.74) is 0. The largest absolute Gasteiger partial charge is 0.298 e. The molecular formula is C13H26ClN3O2S. The van der Waals surface area contributed by atoms with Gasteiger partial charge in [-0.3, -0.25) is 4.90 Å². The van der Waals surface area contributed by atoms with Gasteiger partial charge in [0.2, 0.25) is 0 Å². The Balaban J connectivity index is 2.10. The van der Waals surface area contributed by atoms with Gasteiger partial charge in [0.05, 0.1) is 0 Å². The average molecular weight is 324 g/mol. The van der Waals surface area contributed by atoms with Crippen molar-refractivity contribution >= 4 is 21.8 Å². The fraction of sp³-hybridized carbons (Fsp3) is 1.00. The number of piperidine rings is 1. The standard InChI is InChI=1S/C13H26ClN3O2S/c1-11-8-17(9-12(2)15(11)3)20(18,19)16-6-4-5-13(7-14)10-16/h11-13H,4-10H2,1-3H3. The van der Waals surface area contributed by atoms with Crippen molar-refractivity contribution < 1.29 is 8.42 Å². The van der Waals surface area contributed by atoms with Crippen LogP contribution >= 0.6 is 11.6 Å². The van der Waals surface area contributed by atoms with Gasteiger partial charge in [0.15, 0.2) is 0 Å². The summed E-state index contributed by atoms with van der Waals surface area (Å²) in [6, 6.07) is 0.504. The Morgan fingerprint density at radius 3 is 2.25 bits per heavy atom. The lowest BCUT2D eigenvalue weighted by Gasteiger charge is -2.44. The Morgan fingerprint density at radius 1 is 1.10 bits per heavy atom. The average Bonchev–Trinajstić information content (AvgIpc) is 2.44. The molecule has 0 spiro atoms. The van der Waals surface area contributed by atoms with Crippen LogP contribution in [0.25, 0.3) is 0 Å². The second-order valence-corrected chi connectivity index (χ2v) is 8.45. The molecule has 2 aliphatic rings. The van der Waals surface area contributed by atoms with Crippen molar-refractivity contribution in [3.8, 4) is 0 Å². The Morgan fingerprint density at radius 2 is 1.70 bits per heavy atom. The number of hydrogen-bond acceptors (Lipinski definition) is 3. The van der Waals surface area contributed by atoms with E-state index in [2.05, 4.69) is 25.8 Å². The van der Waals surface area contributed by atoms with E-state index in [1.807, 2.05) is 0 Å². The van der Waals surface area contributed by atoms with E-state index in [0.29, 0.717) is 38.0 Å². The highest BCUT2D eigenvalue weighted by Gasteiger charge is 2.38. The van der Waals surface area contributed by atoms with Gasteiger partial charge in [0, 0.05) is 44.1 Å². The molecule has 0 aromatic carbocycles. The van der Waals surface area contributed by atoms with Crippen molar-refractivity contribution in [3.05, 3.63) is 0 Å². The molecule has 0 saturated carbocycles. The maximum atomic E-state index is 12.8. The summed E-state index contributed by atoms with van der Waals surface area (Å²) in [4.78, 5) is 2.24. The van der Waals surface area contributed by atoms with Crippen molar-refractivity contribution in [2.45, 2.75) is 38.8 Å². The molecule has 3 unspecified atom stereocenters. The lowest BCUT2D eigenvalue weighted by Crippen LogP contribution is -2.59. The van der Waals surface area contributed by atoms with Crippen molar-refractivity contribution in [3.63, 3.8) is 0 Å². The molecule has 0 radical (unpaired) electrons. The minimum atomic E-state index is -3.34. The summed E-state index contributed by atoms with van der Waals surface area (Å²) in [5.74, 6) is 0.837. The van der Waals surface area contributed by atoms with Gasteiger partial charge in [0.25, 0.3) is 10.2 Å². The first kappa shape index (κ1) is 16.5. The molecule has 3 atom stereocenters. The van der Waals surface area contributed by atoms with Gasteiger partial charge >= 0.3 is 0 Å². The van der Waals surface area contributed by atoms with Crippen LogP contribution in [-0.2, 0) is 10.2 Å². The molecule has 0 aromatic rings. The molecule has 0 aliphatic carbocycles. The van der Waals surface area contributed by atoms with Crippen molar-refractivity contribution in [1.82, 2.24) is 13.5 Å². The zero-order chi connectivity index (χ0) is 14.9. The summed E-state index contributed by atoms with van der Waals surface area (Å²) in [5, 5.41) is 0. The quantitative estimate of drug-likeness (QED) is 0.733. The topological polar surface area (TPSA) is 43.9 Å². The Bertz CT molecular complexity index is 419. The number of likely N-dealkylation sites (N-methyl/N-ethyl adjacent to an activating group) is 1. The monoisotopic (exact) mass is 323 g/mol. The summed E-state index contributed by atoms with van der Waals surface area (Å²) >= 11 is 5.91. The van der Waals surface area contributed by atoms with Crippen LogP contribution < -0.4 is 0 Å². The van der Waals surface area contributed by atoms with E-state index in [9.17, 15) is 8.42 Å². The molecule has 0 bridgehead atoms. The number of rotatable bonds is 3. The number of halogens is 1. The van der Waals surface area contributed by atoms with Crippen molar-refractivity contribution in [1.29, 1.82) is 0 Å². The third-order valence-electron chi connectivity index (χ3n) is 4.68. The Kier molecular flexibility index (Phi) is 5.34. The van der Waals surface area contributed by atoms with Gasteiger partial charge in [-0.25, -0.2) is 0 Å². The molecular weight excluding hydrogens is 298 g/mol. The van der Waals surface area contributed by atoms with Crippen LogP contribution in [0.15, 0.2) is 0 Å². The molecule has 2 fully saturated rings. The summed E-state index contributed by atoms with van der Waals surface area (Å²) < 4.78 is 28.9. The first-order valence-corrected chi connectivity index (χ1v) is 9.32. The molecule has 2 aliphatic heterocycles. The molecule has 2 rings (SSSR count). The predicted octanol–water partition coefficient (Wildman–Crippen LogP) is 1.21. The smallest absolute Gasteiger partial charge is 0.282 e. The van der Waals surface area contributed by atoms with Crippen LogP contribution in [-0.4, -0.2) is 73.1 Å². The second kappa shape index (κ2) is 6.48. The van der Waals surface area contributed by atoms with Gasteiger partial charge in [-0.05, 0) is 39.7 Å². The van der Waals surface area contributed by atoms with E-state index in [1.165, 1.54) is 0 Å². The van der Waals surface area contributed by atoms with Gasteiger partial charge in [-0.2, -0.15) is 17.0 Å². The second-order valence-electron chi connectivity index (χ2n) is 6.21. The van der Waals surface area contributed by atoms with Crippen LogP contribution in [0.4, 0.5) is 0 Å². The molecule has 0 N–H and O–H groups in total. The fourth-order valence-electron chi connectivity index (χ4n) is 3.07. The van der Waals surface area contributed by atoms with E-state index in [4.69, 9.17) is 11.6 Å². The van der Waals surface area contributed by atoms with Crippen molar-refractivity contribution in [2.75, 3.05) is 39.1 Å². The normalized spacial score (nSPS) is 35.3. The van der Waals surface area contributed by atoms with Crippen LogP contribution in [0, 0.1) is 5.92 Å². The summed E-state index contributed by atoms with van der Waals surface area (Å²) in [6.45, 7) is 6.51. The molecule has 0 amide bonds. The van der Waals surface area contributed by atoms with Crippen LogP contribution in [0.1, 0.15) is 26.7 Å². The Hall–Kier alpha value is 0.120. The Labute approximate surface area is 128 Å². The molecule has 0 aromatic heterocycles. The molecule has 2 heterocycles. The minimum absolute atomic E-state index is 0.252. The SMILES string of the molecule is CC1CN(S(=O)(=O)N2CCCC(CCl)C2)CC(C)N1C. The third-order valence-corrected chi connectivity index (χ3v) is 7.05. The number of hydrogen-bond donors (Lipinski definition) is 0. The third kappa shape index (κ3) is 3.30. The van der Waals surface area contributed by atoms with E-state index in [0.717, 1.165) is 12.8 Å². The van der Waals surface area contributed by atoms with Gasteiger partial charge in [-0.15, -0.1) is 11.6 Å². The zero-order valence-corrected chi connectivity index (χ0v) is 14.2. The molecule has 7 heteroatoms. The summed E-state index contributed by atoms with van der Waals surface area (Å²) in [7, 11) is -1.28. The maximum Gasteiger partial charge on any atom is 0.282 e. The van der Waals surface area contributed by atoms with Crippen molar-refractivity contribution in [2.24, 2.45) is 5.92 Å². The molecule has 20 heavy (non-hydrogen) atoms. The van der Waals surface area contributed by atoms with Gasteiger partial charge < -0.3 is 0 Å². The first-order valence-electron chi connectivity index (χ1n) is 7.39.